The van der Waals surface area contributed by atoms with Gasteiger partial charge in [0.15, 0.2) is 0 Å². The van der Waals surface area contributed by atoms with Crippen molar-refractivity contribution in [2.45, 2.75) is 12.5 Å². The Morgan fingerprint density at radius 2 is 2.20 bits per heavy atom. The van der Waals surface area contributed by atoms with Crippen LogP contribution < -0.4 is 29.6 Å². The molecule has 1 aliphatic heterocycles. The molecule has 2 nitrogen and oxygen atoms in total. The summed E-state index contributed by atoms with van der Waals surface area (Å²) in [5.41, 5.74) is 0. The van der Waals surface area contributed by atoms with E-state index in [2.05, 4.69) is 11.8 Å². The minimum atomic E-state index is -0.132. The van der Waals surface area contributed by atoms with Crippen LogP contribution in [0.3, 0.4) is 0 Å². The Morgan fingerprint density at radius 3 is 2.40 bits per heavy atom. The Morgan fingerprint density at radius 1 is 1.60 bits per heavy atom. The summed E-state index contributed by atoms with van der Waals surface area (Å²) in [6, 6.07) is 0. The van der Waals surface area contributed by atoms with Gasteiger partial charge in [0.05, 0.1) is 6.10 Å². The summed E-state index contributed by atoms with van der Waals surface area (Å²) in [5, 5.41) is 9.28. The number of likely N-dealkylation sites (N-methyl/N-ethyl adjacent to an activating group) is 1. The minimum absolute atomic E-state index is 0. The van der Waals surface area contributed by atoms with Crippen molar-refractivity contribution in [1.82, 2.24) is 4.90 Å². The summed E-state index contributed by atoms with van der Waals surface area (Å²) in [7, 11) is 2.03. The van der Waals surface area contributed by atoms with E-state index in [1.807, 2.05) is 7.05 Å². The molecule has 1 heterocycles. The summed E-state index contributed by atoms with van der Waals surface area (Å²) in [6.07, 6.45) is 0.721. The van der Waals surface area contributed by atoms with Gasteiger partial charge in [0.1, 0.15) is 0 Å². The van der Waals surface area contributed by atoms with E-state index in [4.69, 9.17) is 0 Å². The third kappa shape index (κ3) is 2.51. The molecule has 0 aliphatic carbocycles. The minimum Gasteiger partial charge on any atom is -0.392 e. The maximum atomic E-state index is 9.28. The summed E-state index contributed by atoms with van der Waals surface area (Å²) in [6.45, 7) is 5.59. The average Bonchev–Trinajstić information content (AvgIpc) is 2.10. The molecule has 1 N–H and O–H groups in total. The molecule has 2 atom stereocenters. The van der Waals surface area contributed by atoms with E-state index in [0.717, 1.165) is 19.5 Å². The van der Waals surface area contributed by atoms with Gasteiger partial charge in [-0.15, -0.1) is 0 Å². The first-order valence-electron chi connectivity index (χ1n) is 3.40. The maximum absolute atomic E-state index is 9.28. The molecule has 0 saturated carbocycles. The van der Waals surface area contributed by atoms with Crippen LogP contribution in [0.2, 0.25) is 0 Å². The van der Waals surface area contributed by atoms with E-state index < -0.39 is 0 Å². The van der Waals surface area contributed by atoms with Gasteiger partial charge >= 0.3 is 29.6 Å². The number of likely N-dealkylation sites (tertiary alicyclic amines) is 1. The van der Waals surface area contributed by atoms with Gasteiger partial charge in [-0.1, -0.05) is 0 Å². The van der Waals surface area contributed by atoms with Gasteiger partial charge in [0.25, 0.3) is 0 Å². The van der Waals surface area contributed by atoms with Gasteiger partial charge in [-0.3, -0.25) is 0 Å². The zero-order valence-corrected chi connectivity index (χ0v) is 8.88. The number of β-amino-alcohol motifs (C(OH)–C–C–N with tert-alkyl or cyclic N) is 1. The Kier molecular flexibility index (Phi) is 5.16. The molecule has 3 heteroatoms. The quantitative estimate of drug-likeness (QED) is 0.322. The third-order valence-electron chi connectivity index (χ3n) is 1.96. The van der Waals surface area contributed by atoms with E-state index in [0.29, 0.717) is 5.92 Å². The van der Waals surface area contributed by atoms with E-state index in [9.17, 15) is 5.11 Å². The fraction of sp³-hybridized carbons (Fsp3) is 0.857. The number of nitrogens with zero attached hydrogens (tertiary/aromatic N) is 1. The van der Waals surface area contributed by atoms with Gasteiger partial charge in [0, 0.05) is 13.1 Å². The molecule has 0 radical (unpaired) electrons. The van der Waals surface area contributed by atoms with Crippen LogP contribution in [0.15, 0.2) is 0 Å². The number of aliphatic hydroxyl groups excluding tert-OH is 1. The Balaban J connectivity index is 0.000000810. The van der Waals surface area contributed by atoms with Crippen molar-refractivity contribution in [2.75, 3.05) is 20.1 Å². The molecule has 0 aromatic carbocycles. The molecule has 10 heavy (non-hydrogen) atoms. The molecule has 0 spiro atoms. The van der Waals surface area contributed by atoms with Crippen molar-refractivity contribution in [3.63, 3.8) is 0 Å². The SMILES string of the molecule is [CH2-]CC1CN(C)CC1O.[Na+]. The van der Waals surface area contributed by atoms with E-state index >= 15 is 0 Å². The fourth-order valence-electron chi connectivity index (χ4n) is 1.35. The first-order valence-corrected chi connectivity index (χ1v) is 3.40. The second kappa shape index (κ2) is 4.73. The maximum Gasteiger partial charge on any atom is 1.00 e. The third-order valence-corrected chi connectivity index (χ3v) is 1.96. The molecule has 1 aliphatic rings. The Bertz CT molecular complexity index is 99.6. The molecule has 54 valence electrons. The Hall–Kier alpha value is 0.920. The monoisotopic (exact) mass is 151 g/mol. The largest absolute Gasteiger partial charge is 1.00 e. The van der Waals surface area contributed by atoms with Gasteiger partial charge < -0.3 is 16.9 Å². The molecule has 1 fully saturated rings. The standard InChI is InChI=1S/C7H14NO.Na/c1-3-6-4-8(2)5-7(6)9;/h6-7,9H,1,3-5H2,2H3;/q-1;+1. The molecule has 0 amide bonds. The predicted octanol–water partition coefficient (Wildman–Crippen LogP) is -2.86. The predicted molar refractivity (Wildman–Crippen MR) is 37.0 cm³/mol. The fourth-order valence-corrected chi connectivity index (χ4v) is 1.35. The number of aliphatic hydroxyl groups is 1. The molecular formula is C7H14NNaO. The normalized spacial score (nSPS) is 33.9. The molecule has 0 bridgehead atoms. The van der Waals surface area contributed by atoms with Crippen molar-refractivity contribution in [3.05, 3.63) is 6.92 Å². The number of rotatable bonds is 1. The smallest absolute Gasteiger partial charge is 0.392 e. The molecule has 0 aromatic rings. The number of hydrogen-bond acceptors (Lipinski definition) is 2. The molecule has 1 rings (SSSR count). The van der Waals surface area contributed by atoms with Crippen LogP contribution in [-0.4, -0.2) is 36.2 Å². The topological polar surface area (TPSA) is 23.5 Å². The van der Waals surface area contributed by atoms with Crippen LogP contribution in [0.4, 0.5) is 0 Å². The van der Waals surface area contributed by atoms with Crippen LogP contribution in [0.25, 0.3) is 0 Å². The van der Waals surface area contributed by atoms with Crippen molar-refractivity contribution in [3.8, 4) is 0 Å². The zero-order chi connectivity index (χ0) is 6.85. The van der Waals surface area contributed by atoms with Crippen LogP contribution in [-0.2, 0) is 0 Å². The van der Waals surface area contributed by atoms with Gasteiger partial charge in [-0.25, -0.2) is 0 Å². The molecule has 2 unspecified atom stereocenters. The van der Waals surface area contributed by atoms with Crippen LogP contribution in [0.1, 0.15) is 6.42 Å². The summed E-state index contributed by atoms with van der Waals surface area (Å²) in [4.78, 5) is 2.14. The first kappa shape index (κ1) is 10.9. The average molecular weight is 151 g/mol. The van der Waals surface area contributed by atoms with E-state index in [-0.39, 0.29) is 35.7 Å². The Labute approximate surface area is 84.9 Å². The van der Waals surface area contributed by atoms with Crippen molar-refractivity contribution in [2.24, 2.45) is 5.92 Å². The van der Waals surface area contributed by atoms with Crippen LogP contribution >= 0.6 is 0 Å². The van der Waals surface area contributed by atoms with Crippen LogP contribution in [0, 0.1) is 12.8 Å². The second-order valence-corrected chi connectivity index (χ2v) is 2.84. The van der Waals surface area contributed by atoms with Gasteiger partial charge in [-0.2, -0.15) is 6.42 Å². The van der Waals surface area contributed by atoms with Crippen molar-refractivity contribution < 1.29 is 34.7 Å². The zero-order valence-electron chi connectivity index (χ0n) is 6.88. The van der Waals surface area contributed by atoms with Gasteiger partial charge in [-0.05, 0) is 13.0 Å². The second-order valence-electron chi connectivity index (χ2n) is 2.84. The van der Waals surface area contributed by atoms with E-state index in [1.54, 1.807) is 0 Å². The first-order chi connectivity index (χ1) is 4.24. The molecule has 1 saturated heterocycles. The van der Waals surface area contributed by atoms with E-state index in [1.165, 1.54) is 0 Å². The van der Waals surface area contributed by atoms with Crippen molar-refractivity contribution in [1.29, 1.82) is 0 Å². The van der Waals surface area contributed by atoms with Crippen LogP contribution in [0.5, 0.6) is 0 Å². The summed E-state index contributed by atoms with van der Waals surface area (Å²) >= 11 is 0. The molecular weight excluding hydrogens is 137 g/mol. The molecule has 0 aromatic heterocycles. The number of hydrogen-bond donors (Lipinski definition) is 1. The summed E-state index contributed by atoms with van der Waals surface area (Å²) in [5.74, 6) is 0.412. The van der Waals surface area contributed by atoms with Gasteiger partial charge in [0.2, 0.25) is 0 Å². The summed E-state index contributed by atoms with van der Waals surface area (Å²) < 4.78 is 0. The van der Waals surface area contributed by atoms with Crippen molar-refractivity contribution >= 4 is 0 Å².